The van der Waals surface area contributed by atoms with E-state index < -0.39 is 0 Å². The number of anilines is 2. The molecule has 1 heterocycles. The largest absolute Gasteiger partial charge is 0.508 e. The summed E-state index contributed by atoms with van der Waals surface area (Å²) in [5.74, 6) is 0.266. The van der Waals surface area contributed by atoms with Crippen LogP contribution in [0.1, 0.15) is 25.1 Å². The number of aromatic hydroxyl groups is 1. The lowest BCUT2D eigenvalue weighted by Gasteiger charge is -2.14. The fourth-order valence-electron chi connectivity index (χ4n) is 1.91. The molecule has 112 valence electrons. The van der Waals surface area contributed by atoms with Gasteiger partial charge in [0.2, 0.25) is 5.91 Å². The SMILES string of the molecule is CCN(C(C)=O)c1nc(CNc2ccc(C)c(O)c2)cs1. The fourth-order valence-corrected chi connectivity index (χ4v) is 2.84. The molecule has 0 saturated carbocycles. The maximum absolute atomic E-state index is 11.5. The molecule has 0 atom stereocenters. The van der Waals surface area contributed by atoms with E-state index in [9.17, 15) is 9.90 Å². The molecule has 0 saturated heterocycles. The number of amides is 1. The molecule has 2 N–H and O–H groups in total. The van der Waals surface area contributed by atoms with Gasteiger partial charge in [-0.05, 0) is 25.5 Å². The molecule has 1 aromatic carbocycles. The number of aryl methyl sites for hydroxylation is 1. The Labute approximate surface area is 128 Å². The Morgan fingerprint density at radius 2 is 2.24 bits per heavy atom. The predicted octanol–water partition coefficient (Wildman–Crippen LogP) is 3.14. The zero-order chi connectivity index (χ0) is 15.4. The predicted molar refractivity (Wildman–Crippen MR) is 86.0 cm³/mol. The van der Waals surface area contributed by atoms with Crippen molar-refractivity contribution in [2.24, 2.45) is 0 Å². The maximum Gasteiger partial charge on any atom is 0.225 e. The van der Waals surface area contributed by atoms with Crippen LogP contribution < -0.4 is 10.2 Å². The second kappa shape index (κ2) is 6.58. The van der Waals surface area contributed by atoms with Crippen molar-refractivity contribution >= 4 is 28.1 Å². The number of carbonyl (C=O) groups is 1. The molecule has 0 spiro atoms. The molecule has 0 unspecified atom stereocenters. The Morgan fingerprint density at radius 1 is 1.48 bits per heavy atom. The quantitative estimate of drug-likeness (QED) is 0.890. The molecule has 0 radical (unpaired) electrons. The van der Waals surface area contributed by atoms with E-state index in [0.717, 1.165) is 16.9 Å². The first-order valence-corrected chi connectivity index (χ1v) is 7.65. The smallest absolute Gasteiger partial charge is 0.225 e. The van der Waals surface area contributed by atoms with Crippen molar-refractivity contribution < 1.29 is 9.90 Å². The third kappa shape index (κ3) is 3.72. The van der Waals surface area contributed by atoms with Gasteiger partial charge in [-0.3, -0.25) is 9.69 Å². The van der Waals surface area contributed by atoms with Crippen molar-refractivity contribution in [2.75, 3.05) is 16.8 Å². The monoisotopic (exact) mass is 305 g/mol. The second-order valence-electron chi connectivity index (χ2n) is 4.74. The molecule has 0 aliphatic rings. The topological polar surface area (TPSA) is 65.5 Å². The Bertz CT molecular complexity index is 640. The number of aromatic nitrogens is 1. The number of phenolic OH excluding ortho intramolecular Hbond substituents is 1. The van der Waals surface area contributed by atoms with Crippen LogP contribution in [0.25, 0.3) is 0 Å². The van der Waals surface area contributed by atoms with Crippen molar-refractivity contribution in [2.45, 2.75) is 27.3 Å². The number of rotatable bonds is 5. The van der Waals surface area contributed by atoms with Gasteiger partial charge in [-0.15, -0.1) is 11.3 Å². The van der Waals surface area contributed by atoms with Crippen LogP contribution in [0.15, 0.2) is 23.6 Å². The van der Waals surface area contributed by atoms with Crippen LogP contribution in [0.2, 0.25) is 0 Å². The molecule has 2 rings (SSSR count). The Morgan fingerprint density at radius 3 is 2.86 bits per heavy atom. The lowest BCUT2D eigenvalue weighted by molar-refractivity contribution is -0.116. The van der Waals surface area contributed by atoms with Crippen LogP contribution in [-0.2, 0) is 11.3 Å². The number of phenols is 1. The van der Waals surface area contributed by atoms with Crippen LogP contribution in [0.4, 0.5) is 10.8 Å². The molecule has 21 heavy (non-hydrogen) atoms. The van der Waals surface area contributed by atoms with Crippen molar-refractivity contribution in [1.29, 1.82) is 0 Å². The van der Waals surface area contributed by atoms with Gasteiger partial charge >= 0.3 is 0 Å². The van der Waals surface area contributed by atoms with Gasteiger partial charge in [-0.25, -0.2) is 4.98 Å². The molecule has 5 nitrogen and oxygen atoms in total. The highest BCUT2D eigenvalue weighted by Gasteiger charge is 2.13. The van der Waals surface area contributed by atoms with Crippen LogP contribution in [-0.4, -0.2) is 22.5 Å². The minimum atomic E-state index is -0.00480. The van der Waals surface area contributed by atoms with E-state index in [1.807, 2.05) is 31.4 Å². The highest BCUT2D eigenvalue weighted by molar-refractivity contribution is 7.14. The highest BCUT2D eigenvalue weighted by Crippen LogP contribution is 2.23. The number of carbonyl (C=O) groups excluding carboxylic acids is 1. The van der Waals surface area contributed by atoms with Crippen molar-refractivity contribution in [3.63, 3.8) is 0 Å². The highest BCUT2D eigenvalue weighted by atomic mass is 32.1. The summed E-state index contributed by atoms with van der Waals surface area (Å²) in [6.45, 7) is 6.48. The first-order valence-electron chi connectivity index (χ1n) is 6.77. The summed E-state index contributed by atoms with van der Waals surface area (Å²) in [4.78, 5) is 17.6. The van der Waals surface area contributed by atoms with Crippen molar-refractivity contribution in [1.82, 2.24) is 4.98 Å². The van der Waals surface area contributed by atoms with Crippen LogP contribution in [0.5, 0.6) is 5.75 Å². The van der Waals surface area contributed by atoms with Gasteiger partial charge in [-0.2, -0.15) is 0 Å². The van der Waals surface area contributed by atoms with E-state index in [0.29, 0.717) is 18.2 Å². The van der Waals surface area contributed by atoms with Gasteiger partial charge in [0, 0.05) is 30.6 Å². The first kappa shape index (κ1) is 15.3. The van der Waals surface area contributed by atoms with Gasteiger partial charge in [0.15, 0.2) is 5.13 Å². The second-order valence-corrected chi connectivity index (χ2v) is 5.58. The first-order chi connectivity index (χ1) is 10.0. The van der Waals surface area contributed by atoms with E-state index >= 15 is 0 Å². The number of benzene rings is 1. The summed E-state index contributed by atoms with van der Waals surface area (Å²) in [7, 11) is 0. The molecule has 0 aliphatic heterocycles. The standard InChI is InChI=1S/C15H19N3O2S/c1-4-18(11(3)19)15-17-13(9-21-15)8-16-12-6-5-10(2)14(20)7-12/h5-7,9,16,20H,4,8H2,1-3H3. The molecule has 1 aromatic heterocycles. The molecule has 2 aromatic rings. The third-order valence-electron chi connectivity index (χ3n) is 3.15. The van der Waals surface area contributed by atoms with Gasteiger partial charge in [0.05, 0.1) is 12.2 Å². The normalized spacial score (nSPS) is 10.4. The molecule has 1 amide bonds. The lowest BCUT2D eigenvalue weighted by atomic mass is 10.2. The fraction of sp³-hybridized carbons (Fsp3) is 0.333. The number of nitrogens with zero attached hydrogens (tertiary/aromatic N) is 2. The Hall–Kier alpha value is -2.08. The average molecular weight is 305 g/mol. The van der Waals surface area contributed by atoms with Crippen LogP contribution in [0, 0.1) is 6.92 Å². The van der Waals surface area contributed by atoms with Gasteiger partial charge < -0.3 is 10.4 Å². The summed E-state index contributed by atoms with van der Waals surface area (Å²) in [6.07, 6.45) is 0. The van der Waals surface area contributed by atoms with Gasteiger partial charge in [-0.1, -0.05) is 6.07 Å². The van der Waals surface area contributed by atoms with E-state index in [1.165, 1.54) is 18.3 Å². The number of hydrogen-bond donors (Lipinski definition) is 2. The Balaban J connectivity index is 2.02. The molecule has 0 bridgehead atoms. The minimum absolute atomic E-state index is 0.00480. The van der Waals surface area contributed by atoms with Crippen LogP contribution >= 0.6 is 11.3 Å². The van der Waals surface area contributed by atoms with Gasteiger partial charge in [0.25, 0.3) is 0 Å². The van der Waals surface area contributed by atoms with E-state index in [-0.39, 0.29) is 11.7 Å². The molecule has 6 heteroatoms. The molecular weight excluding hydrogens is 286 g/mol. The summed E-state index contributed by atoms with van der Waals surface area (Å²) in [5.41, 5.74) is 2.55. The summed E-state index contributed by atoms with van der Waals surface area (Å²) in [5, 5.41) is 15.5. The Kier molecular flexibility index (Phi) is 4.80. The maximum atomic E-state index is 11.5. The molecular formula is C15H19N3O2S. The van der Waals surface area contributed by atoms with Crippen molar-refractivity contribution in [3.8, 4) is 5.75 Å². The summed E-state index contributed by atoms with van der Waals surface area (Å²) >= 11 is 1.46. The zero-order valence-electron chi connectivity index (χ0n) is 12.4. The lowest BCUT2D eigenvalue weighted by Crippen LogP contribution is -2.27. The van der Waals surface area contributed by atoms with E-state index in [2.05, 4.69) is 10.3 Å². The number of nitrogens with one attached hydrogen (secondary N) is 1. The number of thiazole rings is 1. The number of hydrogen-bond acceptors (Lipinski definition) is 5. The van der Waals surface area contributed by atoms with Crippen LogP contribution in [0.3, 0.4) is 0 Å². The average Bonchev–Trinajstić information content (AvgIpc) is 2.89. The summed E-state index contributed by atoms with van der Waals surface area (Å²) < 4.78 is 0. The van der Waals surface area contributed by atoms with E-state index in [4.69, 9.17) is 0 Å². The molecule has 0 fully saturated rings. The zero-order valence-corrected chi connectivity index (χ0v) is 13.2. The van der Waals surface area contributed by atoms with Crippen molar-refractivity contribution in [3.05, 3.63) is 34.8 Å². The third-order valence-corrected chi connectivity index (χ3v) is 4.06. The van der Waals surface area contributed by atoms with E-state index in [1.54, 1.807) is 11.0 Å². The molecule has 0 aliphatic carbocycles. The minimum Gasteiger partial charge on any atom is -0.508 e. The summed E-state index contributed by atoms with van der Waals surface area (Å²) in [6, 6.07) is 5.46. The van der Waals surface area contributed by atoms with Gasteiger partial charge in [0.1, 0.15) is 5.75 Å².